The third kappa shape index (κ3) is 10.3. The molecular formula is C17H37IN4O2. The van der Waals surface area contributed by atoms with E-state index in [9.17, 15) is 4.79 Å². The van der Waals surface area contributed by atoms with Gasteiger partial charge in [-0.15, -0.1) is 24.0 Å². The smallest absolute Gasteiger partial charge is 0.227 e. The van der Waals surface area contributed by atoms with Crippen LogP contribution in [0.1, 0.15) is 48.0 Å². The predicted molar refractivity (Wildman–Crippen MR) is 112 cm³/mol. The molecule has 1 unspecified atom stereocenters. The van der Waals surface area contributed by atoms with Gasteiger partial charge in [-0.25, -0.2) is 0 Å². The van der Waals surface area contributed by atoms with Crippen LogP contribution in [0, 0.1) is 11.3 Å². The molecule has 144 valence electrons. The van der Waals surface area contributed by atoms with Crippen molar-refractivity contribution in [2.45, 2.75) is 54.1 Å². The summed E-state index contributed by atoms with van der Waals surface area (Å²) in [5, 5.41) is 9.36. The number of carbonyl (C=O) groups excluding carboxylic acids is 1. The highest BCUT2D eigenvalue weighted by Crippen LogP contribution is 2.13. The Balaban J connectivity index is 0. The molecule has 3 N–H and O–H groups in total. The molecule has 0 aromatic carbocycles. The molecule has 6 nitrogen and oxygen atoms in total. The Labute approximate surface area is 165 Å². The van der Waals surface area contributed by atoms with Gasteiger partial charge in [0.25, 0.3) is 0 Å². The first-order valence-corrected chi connectivity index (χ1v) is 8.62. The summed E-state index contributed by atoms with van der Waals surface area (Å²) in [6, 6.07) is 0. The van der Waals surface area contributed by atoms with E-state index >= 15 is 0 Å². The fourth-order valence-corrected chi connectivity index (χ4v) is 2.16. The number of hydrogen-bond acceptors (Lipinski definition) is 3. The van der Waals surface area contributed by atoms with Gasteiger partial charge < -0.3 is 20.7 Å². The summed E-state index contributed by atoms with van der Waals surface area (Å²) < 4.78 is 5.74. The summed E-state index contributed by atoms with van der Waals surface area (Å²) in [6.45, 7) is 14.8. The number of nitrogens with one attached hydrogen (secondary N) is 3. The first-order valence-electron chi connectivity index (χ1n) is 8.62. The van der Waals surface area contributed by atoms with Crippen LogP contribution in [0.4, 0.5) is 0 Å². The van der Waals surface area contributed by atoms with Gasteiger partial charge in [0.1, 0.15) is 0 Å². The molecule has 0 aliphatic heterocycles. The molecule has 0 rings (SSSR count). The lowest BCUT2D eigenvalue weighted by atomic mass is 9.92. The number of amides is 1. The fraction of sp³-hybridized carbons (Fsp3) is 0.882. The highest BCUT2D eigenvalue weighted by Gasteiger charge is 2.27. The Morgan fingerprint density at radius 1 is 1.17 bits per heavy atom. The number of halogens is 1. The first-order chi connectivity index (χ1) is 10.8. The predicted octanol–water partition coefficient (Wildman–Crippen LogP) is 2.38. The minimum absolute atomic E-state index is 0. The molecule has 0 saturated carbocycles. The average Bonchev–Trinajstić information content (AvgIpc) is 2.49. The molecule has 1 atom stereocenters. The third-order valence-corrected chi connectivity index (χ3v) is 3.72. The van der Waals surface area contributed by atoms with Crippen LogP contribution < -0.4 is 16.0 Å². The lowest BCUT2D eigenvalue weighted by molar-refractivity contribution is -0.128. The van der Waals surface area contributed by atoms with E-state index in [0.717, 1.165) is 19.6 Å². The number of nitrogens with zero attached hydrogens (tertiary/aromatic N) is 1. The molecule has 0 fully saturated rings. The van der Waals surface area contributed by atoms with E-state index in [1.165, 1.54) is 0 Å². The minimum Gasteiger partial charge on any atom is -0.378 e. The van der Waals surface area contributed by atoms with Crippen molar-refractivity contribution in [2.75, 3.05) is 33.3 Å². The SMILES string of the molecule is CCNC(=O)C(C)(C)CNC(=NC)NCCC(OCC)C(C)C.I. The van der Waals surface area contributed by atoms with Crippen molar-refractivity contribution >= 4 is 35.8 Å². The molecule has 0 aromatic rings. The van der Waals surface area contributed by atoms with Crippen molar-refractivity contribution in [3.05, 3.63) is 0 Å². The Kier molecular flexibility index (Phi) is 14.6. The Morgan fingerprint density at radius 2 is 1.79 bits per heavy atom. The van der Waals surface area contributed by atoms with E-state index in [-0.39, 0.29) is 36.0 Å². The van der Waals surface area contributed by atoms with E-state index in [4.69, 9.17) is 4.74 Å². The molecule has 0 radical (unpaired) electrons. The number of rotatable bonds is 10. The fourth-order valence-electron chi connectivity index (χ4n) is 2.16. The molecule has 0 aliphatic carbocycles. The van der Waals surface area contributed by atoms with E-state index < -0.39 is 5.41 Å². The lowest BCUT2D eigenvalue weighted by Gasteiger charge is -2.25. The minimum atomic E-state index is -0.487. The summed E-state index contributed by atoms with van der Waals surface area (Å²) in [6.07, 6.45) is 1.17. The highest BCUT2D eigenvalue weighted by atomic mass is 127. The standard InChI is InChI=1S/C17H36N4O2.HI/c1-8-19-15(22)17(5,6)12-21-16(18-7)20-11-10-14(13(3)4)23-9-2;/h13-14H,8-12H2,1-7H3,(H,19,22)(H2,18,20,21);1H. The van der Waals surface area contributed by atoms with Gasteiger partial charge >= 0.3 is 0 Å². The van der Waals surface area contributed by atoms with Crippen molar-refractivity contribution in [1.82, 2.24) is 16.0 Å². The first kappa shape index (κ1) is 25.7. The number of ether oxygens (including phenoxy) is 1. The molecule has 0 heterocycles. The summed E-state index contributed by atoms with van der Waals surface area (Å²) in [4.78, 5) is 16.2. The number of guanidine groups is 1. The zero-order valence-electron chi connectivity index (χ0n) is 16.4. The maximum Gasteiger partial charge on any atom is 0.227 e. The van der Waals surface area contributed by atoms with E-state index in [1.807, 2.05) is 27.7 Å². The van der Waals surface area contributed by atoms with Crippen molar-refractivity contribution < 1.29 is 9.53 Å². The van der Waals surface area contributed by atoms with Gasteiger partial charge in [-0.1, -0.05) is 13.8 Å². The molecular weight excluding hydrogens is 419 g/mol. The van der Waals surface area contributed by atoms with Crippen molar-refractivity contribution in [3.8, 4) is 0 Å². The van der Waals surface area contributed by atoms with Gasteiger partial charge in [0.05, 0.1) is 11.5 Å². The molecule has 0 bridgehead atoms. The maximum atomic E-state index is 12.0. The van der Waals surface area contributed by atoms with Crippen LogP contribution in [-0.4, -0.2) is 51.3 Å². The third-order valence-electron chi connectivity index (χ3n) is 3.72. The monoisotopic (exact) mass is 456 g/mol. The average molecular weight is 456 g/mol. The zero-order chi connectivity index (χ0) is 17.9. The summed E-state index contributed by atoms with van der Waals surface area (Å²) >= 11 is 0. The molecule has 0 aliphatic rings. The molecule has 0 saturated heterocycles. The molecule has 24 heavy (non-hydrogen) atoms. The molecule has 0 aromatic heterocycles. The Morgan fingerprint density at radius 3 is 2.25 bits per heavy atom. The van der Waals surface area contributed by atoms with Crippen LogP contribution in [0.3, 0.4) is 0 Å². The van der Waals surface area contributed by atoms with Crippen LogP contribution in [-0.2, 0) is 9.53 Å². The lowest BCUT2D eigenvalue weighted by Crippen LogP contribution is -2.48. The van der Waals surface area contributed by atoms with Gasteiger partial charge in [-0.05, 0) is 40.0 Å². The second-order valence-corrected chi connectivity index (χ2v) is 6.62. The van der Waals surface area contributed by atoms with Gasteiger partial charge in [-0.3, -0.25) is 9.79 Å². The molecule has 0 spiro atoms. The van der Waals surface area contributed by atoms with Gasteiger partial charge in [0.2, 0.25) is 5.91 Å². The normalized spacial score (nSPS) is 13.2. The van der Waals surface area contributed by atoms with Gasteiger partial charge in [0.15, 0.2) is 5.96 Å². The van der Waals surface area contributed by atoms with Crippen molar-refractivity contribution in [2.24, 2.45) is 16.3 Å². The quantitative estimate of drug-likeness (QED) is 0.268. The topological polar surface area (TPSA) is 74.8 Å². The van der Waals surface area contributed by atoms with Crippen LogP contribution in [0.5, 0.6) is 0 Å². The van der Waals surface area contributed by atoms with Crippen LogP contribution in [0.25, 0.3) is 0 Å². The zero-order valence-corrected chi connectivity index (χ0v) is 18.7. The second kappa shape index (κ2) is 13.7. The van der Waals surface area contributed by atoms with Gasteiger partial charge in [0, 0.05) is 33.3 Å². The second-order valence-electron chi connectivity index (χ2n) is 6.62. The summed E-state index contributed by atoms with van der Waals surface area (Å²) in [5.41, 5.74) is -0.487. The molecule has 7 heteroatoms. The largest absolute Gasteiger partial charge is 0.378 e. The molecule has 1 amide bonds. The van der Waals surface area contributed by atoms with Crippen LogP contribution >= 0.6 is 24.0 Å². The van der Waals surface area contributed by atoms with E-state index in [1.54, 1.807) is 7.05 Å². The van der Waals surface area contributed by atoms with Crippen LogP contribution in [0.2, 0.25) is 0 Å². The van der Waals surface area contributed by atoms with Gasteiger partial charge in [-0.2, -0.15) is 0 Å². The van der Waals surface area contributed by atoms with E-state index in [2.05, 4.69) is 34.8 Å². The Bertz CT molecular complexity index is 374. The number of carbonyl (C=O) groups is 1. The highest BCUT2D eigenvalue weighted by molar-refractivity contribution is 14.0. The number of aliphatic imine (C=N–C) groups is 1. The number of hydrogen-bond donors (Lipinski definition) is 3. The van der Waals surface area contributed by atoms with E-state index in [0.29, 0.717) is 25.0 Å². The maximum absolute atomic E-state index is 12.0. The Hall–Kier alpha value is -0.570. The van der Waals surface area contributed by atoms with Crippen molar-refractivity contribution in [3.63, 3.8) is 0 Å². The van der Waals surface area contributed by atoms with Crippen LogP contribution in [0.15, 0.2) is 4.99 Å². The summed E-state index contributed by atoms with van der Waals surface area (Å²) in [7, 11) is 1.73. The van der Waals surface area contributed by atoms with Crippen molar-refractivity contribution in [1.29, 1.82) is 0 Å². The summed E-state index contributed by atoms with van der Waals surface area (Å²) in [5.74, 6) is 1.24.